The normalized spacial score (nSPS) is 11.3. The molecule has 2 aromatic rings. The Labute approximate surface area is 120 Å². The van der Waals surface area contributed by atoms with Crippen molar-refractivity contribution < 1.29 is 9.50 Å². The average molecular weight is 294 g/mol. The number of H-pyrrole nitrogens is 1. The van der Waals surface area contributed by atoms with E-state index in [0.717, 1.165) is 19.4 Å². The third-order valence-electron chi connectivity index (χ3n) is 2.76. The minimum Gasteiger partial charge on any atom is -0.493 e. The molecule has 2 rings (SSSR count). The Morgan fingerprint density at radius 1 is 1.50 bits per heavy atom. The molecule has 0 saturated carbocycles. The molecule has 7 heteroatoms. The molecule has 3 N–H and O–H groups in total. The monoisotopic (exact) mass is 294 g/mol. The minimum absolute atomic E-state index is 0.161. The van der Waals surface area contributed by atoms with Crippen LogP contribution in [0.15, 0.2) is 28.4 Å². The maximum atomic E-state index is 13.1. The molecule has 0 amide bonds. The van der Waals surface area contributed by atoms with Crippen LogP contribution in [0.5, 0.6) is 5.88 Å². The topological polar surface area (TPSA) is 72.8 Å². The second-order valence-electron chi connectivity index (χ2n) is 4.30. The highest BCUT2D eigenvalue weighted by molar-refractivity contribution is 7.80. The van der Waals surface area contributed by atoms with Gasteiger partial charge in [-0.2, -0.15) is 0 Å². The van der Waals surface area contributed by atoms with E-state index in [1.807, 2.05) is 0 Å². The summed E-state index contributed by atoms with van der Waals surface area (Å²) in [5.41, 5.74) is 0.709. The molecule has 1 aromatic carbocycles. The Hall–Kier alpha value is -2.02. The van der Waals surface area contributed by atoms with Gasteiger partial charge in [-0.15, -0.1) is 10.2 Å². The SMILES string of the molecule is CCCCNC(=S)N=Nc1c(O)[nH]c2cc(F)ccc12. The molecule has 20 heavy (non-hydrogen) atoms. The predicted octanol–water partition coefficient (Wildman–Crippen LogP) is 3.77. The Morgan fingerprint density at radius 3 is 3.05 bits per heavy atom. The fourth-order valence-electron chi connectivity index (χ4n) is 1.74. The third-order valence-corrected chi connectivity index (χ3v) is 2.99. The Kier molecular flexibility index (Phi) is 4.62. The smallest absolute Gasteiger partial charge is 0.218 e. The number of thiocarbonyl (C=S) groups is 1. The van der Waals surface area contributed by atoms with E-state index in [1.165, 1.54) is 18.2 Å². The van der Waals surface area contributed by atoms with E-state index in [0.29, 0.717) is 10.9 Å². The van der Waals surface area contributed by atoms with Gasteiger partial charge in [0.1, 0.15) is 5.82 Å². The van der Waals surface area contributed by atoms with E-state index in [1.54, 1.807) is 0 Å². The molecule has 1 heterocycles. The van der Waals surface area contributed by atoms with Gasteiger partial charge in [0.2, 0.25) is 11.0 Å². The molecule has 0 atom stereocenters. The molecule has 0 aliphatic heterocycles. The van der Waals surface area contributed by atoms with Gasteiger partial charge in [0, 0.05) is 11.9 Å². The maximum Gasteiger partial charge on any atom is 0.218 e. The van der Waals surface area contributed by atoms with Crippen LogP contribution in [0.1, 0.15) is 19.8 Å². The van der Waals surface area contributed by atoms with Crippen molar-refractivity contribution in [1.82, 2.24) is 10.3 Å². The average Bonchev–Trinajstić information content (AvgIpc) is 2.71. The zero-order valence-electron chi connectivity index (χ0n) is 11.0. The molecule has 0 aliphatic carbocycles. The number of aromatic nitrogens is 1. The van der Waals surface area contributed by atoms with Crippen molar-refractivity contribution >= 4 is 33.9 Å². The van der Waals surface area contributed by atoms with E-state index >= 15 is 0 Å². The third kappa shape index (κ3) is 3.30. The number of nitrogens with zero attached hydrogens (tertiary/aromatic N) is 2. The lowest BCUT2D eigenvalue weighted by atomic mass is 10.2. The first kappa shape index (κ1) is 14.4. The van der Waals surface area contributed by atoms with Crippen molar-refractivity contribution in [1.29, 1.82) is 0 Å². The fraction of sp³-hybridized carbons (Fsp3) is 0.308. The van der Waals surface area contributed by atoms with Crippen molar-refractivity contribution in [3.63, 3.8) is 0 Å². The van der Waals surface area contributed by atoms with Crippen molar-refractivity contribution in [3.05, 3.63) is 24.0 Å². The molecular weight excluding hydrogens is 279 g/mol. The van der Waals surface area contributed by atoms with Crippen LogP contribution in [-0.4, -0.2) is 21.7 Å². The second kappa shape index (κ2) is 6.42. The van der Waals surface area contributed by atoms with E-state index < -0.39 is 0 Å². The van der Waals surface area contributed by atoms with E-state index in [4.69, 9.17) is 12.2 Å². The standard InChI is InChI=1S/C13H15FN4OS/c1-2-3-6-15-13(20)18-17-11-9-5-4-8(14)7-10(9)16-12(11)19/h4-5,7,16,19H,2-3,6H2,1H3,(H,15,20). The van der Waals surface area contributed by atoms with E-state index in [9.17, 15) is 9.50 Å². The number of azo groups is 1. The number of nitrogens with one attached hydrogen (secondary N) is 2. The largest absolute Gasteiger partial charge is 0.493 e. The van der Waals surface area contributed by atoms with Gasteiger partial charge >= 0.3 is 0 Å². The van der Waals surface area contributed by atoms with Gasteiger partial charge in [0.15, 0.2) is 5.69 Å². The molecule has 0 spiro atoms. The molecule has 0 fully saturated rings. The van der Waals surface area contributed by atoms with Crippen molar-refractivity contribution in [2.45, 2.75) is 19.8 Å². The lowest BCUT2D eigenvalue weighted by Crippen LogP contribution is -2.19. The van der Waals surface area contributed by atoms with Gasteiger partial charge in [-0.05, 0) is 36.8 Å². The summed E-state index contributed by atoms with van der Waals surface area (Å²) < 4.78 is 13.1. The number of hydrogen-bond donors (Lipinski definition) is 3. The summed E-state index contributed by atoms with van der Waals surface area (Å²) in [5, 5.41) is 21.3. The second-order valence-corrected chi connectivity index (χ2v) is 4.68. The van der Waals surface area contributed by atoms with Gasteiger partial charge in [-0.25, -0.2) is 4.39 Å². The molecule has 0 unspecified atom stereocenters. The van der Waals surface area contributed by atoms with Gasteiger partial charge in [-0.3, -0.25) is 0 Å². The maximum absolute atomic E-state index is 13.1. The summed E-state index contributed by atoms with van der Waals surface area (Å²) in [6.45, 7) is 2.81. The van der Waals surface area contributed by atoms with Crippen LogP contribution in [0, 0.1) is 5.82 Å². The van der Waals surface area contributed by atoms with Crippen LogP contribution in [-0.2, 0) is 0 Å². The molecular formula is C13H15FN4OS. The summed E-state index contributed by atoms with van der Waals surface area (Å²) in [6, 6.07) is 4.11. The Morgan fingerprint density at radius 2 is 2.30 bits per heavy atom. The van der Waals surface area contributed by atoms with Crippen LogP contribution in [0.25, 0.3) is 10.9 Å². The lowest BCUT2D eigenvalue weighted by Gasteiger charge is -2.00. The molecule has 0 bridgehead atoms. The highest BCUT2D eigenvalue weighted by Gasteiger charge is 2.11. The number of aromatic amines is 1. The van der Waals surface area contributed by atoms with Gasteiger partial charge in [0.05, 0.1) is 5.52 Å². The number of hydrogen-bond acceptors (Lipinski definition) is 3. The summed E-state index contributed by atoms with van der Waals surface area (Å²) in [5.74, 6) is -0.551. The number of rotatable bonds is 4. The Balaban J connectivity index is 2.17. The molecule has 0 aliphatic rings. The highest BCUT2D eigenvalue weighted by Crippen LogP contribution is 2.35. The van der Waals surface area contributed by atoms with Crippen LogP contribution in [0.4, 0.5) is 10.1 Å². The molecule has 0 saturated heterocycles. The minimum atomic E-state index is -0.390. The zero-order valence-corrected chi connectivity index (χ0v) is 11.8. The molecule has 0 radical (unpaired) electrons. The van der Waals surface area contributed by atoms with E-state index in [2.05, 4.69) is 27.5 Å². The number of unbranched alkanes of at least 4 members (excludes halogenated alkanes) is 1. The molecule has 5 nitrogen and oxygen atoms in total. The summed E-state index contributed by atoms with van der Waals surface area (Å²) in [6.07, 6.45) is 2.05. The highest BCUT2D eigenvalue weighted by atomic mass is 32.1. The van der Waals surface area contributed by atoms with Gasteiger partial charge in [-0.1, -0.05) is 13.3 Å². The number of halogens is 1. The van der Waals surface area contributed by atoms with Crippen LogP contribution in [0.3, 0.4) is 0 Å². The van der Waals surface area contributed by atoms with Crippen molar-refractivity contribution in [3.8, 4) is 5.88 Å². The summed E-state index contributed by atoms with van der Waals surface area (Å²) >= 11 is 5.00. The quantitative estimate of drug-likeness (QED) is 0.456. The molecule has 1 aromatic heterocycles. The van der Waals surface area contributed by atoms with Crippen LogP contribution < -0.4 is 5.32 Å². The summed E-state index contributed by atoms with van der Waals surface area (Å²) in [7, 11) is 0. The van der Waals surface area contributed by atoms with Gasteiger partial charge < -0.3 is 15.4 Å². The number of benzene rings is 1. The lowest BCUT2D eigenvalue weighted by molar-refractivity contribution is 0.459. The van der Waals surface area contributed by atoms with E-state index in [-0.39, 0.29) is 22.5 Å². The number of fused-ring (bicyclic) bond motifs is 1. The first-order valence-corrected chi connectivity index (χ1v) is 6.72. The fourth-order valence-corrected chi connectivity index (χ4v) is 1.89. The van der Waals surface area contributed by atoms with Crippen molar-refractivity contribution in [2.75, 3.05) is 6.54 Å². The van der Waals surface area contributed by atoms with Crippen molar-refractivity contribution in [2.24, 2.45) is 10.2 Å². The molecule has 106 valence electrons. The van der Waals surface area contributed by atoms with Crippen LogP contribution in [0.2, 0.25) is 0 Å². The summed E-state index contributed by atoms with van der Waals surface area (Å²) in [4.78, 5) is 2.64. The predicted molar refractivity (Wildman–Crippen MR) is 79.9 cm³/mol. The first-order chi connectivity index (χ1) is 9.61. The Bertz CT molecular complexity index is 653. The zero-order chi connectivity index (χ0) is 14.5. The number of aromatic hydroxyl groups is 1. The first-order valence-electron chi connectivity index (χ1n) is 6.31. The van der Waals surface area contributed by atoms with Gasteiger partial charge in [0.25, 0.3) is 0 Å². The van der Waals surface area contributed by atoms with Crippen LogP contribution >= 0.6 is 12.2 Å².